The van der Waals surface area contributed by atoms with Gasteiger partial charge in [0.2, 0.25) is 5.91 Å². The van der Waals surface area contributed by atoms with Gasteiger partial charge in [-0.05, 0) is 12.8 Å². The van der Waals surface area contributed by atoms with Crippen molar-refractivity contribution < 1.29 is 4.79 Å². The van der Waals surface area contributed by atoms with Crippen LogP contribution in [0.2, 0.25) is 0 Å². The molecule has 6 nitrogen and oxygen atoms in total. The number of aromatic nitrogens is 3. The van der Waals surface area contributed by atoms with Crippen LogP contribution in [0.15, 0.2) is 5.16 Å². The summed E-state index contributed by atoms with van der Waals surface area (Å²) in [5, 5.41) is 11.5. The van der Waals surface area contributed by atoms with Crippen molar-refractivity contribution in [1.82, 2.24) is 20.1 Å². The molecule has 1 amide bonds. The minimum absolute atomic E-state index is 0.00959. The van der Waals surface area contributed by atoms with Crippen molar-refractivity contribution in [3.8, 4) is 0 Å². The maximum absolute atomic E-state index is 11.1. The maximum atomic E-state index is 11.1. The molecule has 1 saturated carbocycles. The second-order valence-corrected chi connectivity index (χ2v) is 4.61. The summed E-state index contributed by atoms with van der Waals surface area (Å²) < 4.78 is 2.06. The van der Waals surface area contributed by atoms with E-state index >= 15 is 0 Å². The standard InChI is InChI=1S/C9H15N5OS/c1-11-8(15)5-16-9-13-12-7(4-10)14(9)6-2-3-6/h6H,2-5,10H2,1H3,(H,11,15). The summed E-state index contributed by atoms with van der Waals surface area (Å²) in [6, 6.07) is 0.487. The number of hydrogen-bond donors (Lipinski definition) is 2. The van der Waals surface area contributed by atoms with Crippen molar-refractivity contribution in [1.29, 1.82) is 0 Å². The van der Waals surface area contributed by atoms with Crippen molar-refractivity contribution in [3.05, 3.63) is 5.82 Å². The Labute approximate surface area is 98.0 Å². The van der Waals surface area contributed by atoms with Crippen molar-refractivity contribution in [2.45, 2.75) is 30.6 Å². The molecule has 1 aromatic rings. The fraction of sp³-hybridized carbons (Fsp3) is 0.667. The van der Waals surface area contributed by atoms with Crippen LogP contribution >= 0.6 is 11.8 Å². The van der Waals surface area contributed by atoms with Gasteiger partial charge in [-0.2, -0.15) is 0 Å². The zero-order valence-corrected chi connectivity index (χ0v) is 9.96. The highest BCUT2D eigenvalue weighted by Gasteiger charge is 2.29. The van der Waals surface area contributed by atoms with E-state index in [-0.39, 0.29) is 5.91 Å². The number of carbonyl (C=O) groups excluding carboxylic acids is 1. The van der Waals surface area contributed by atoms with Gasteiger partial charge in [-0.25, -0.2) is 0 Å². The Balaban J connectivity index is 2.08. The number of carbonyl (C=O) groups is 1. The molecule has 1 aliphatic carbocycles. The van der Waals surface area contributed by atoms with Gasteiger partial charge in [0.1, 0.15) is 5.82 Å². The Morgan fingerprint density at radius 3 is 2.94 bits per heavy atom. The number of thioether (sulfide) groups is 1. The number of hydrogen-bond acceptors (Lipinski definition) is 5. The largest absolute Gasteiger partial charge is 0.358 e. The highest BCUT2D eigenvalue weighted by molar-refractivity contribution is 7.99. The van der Waals surface area contributed by atoms with Gasteiger partial charge in [0.25, 0.3) is 0 Å². The zero-order valence-electron chi connectivity index (χ0n) is 9.14. The van der Waals surface area contributed by atoms with Crippen LogP contribution in [0, 0.1) is 0 Å². The quantitative estimate of drug-likeness (QED) is 0.704. The molecule has 0 atom stereocenters. The van der Waals surface area contributed by atoms with Gasteiger partial charge >= 0.3 is 0 Å². The van der Waals surface area contributed by atoms with Crippen LogP contribution in [0.5, 0.6) is 0 Å². The molecule has 0 radical (unpaired) electrons. The third-order valence-electron chi connectivity index (χ3n) is 2.44. The molecule has 16 heavy (non-hydrogen) atoms. The minimum Gasteiger partial charge on any atom is -0.358 e. The third-order valence-corrected chi connectivity index (χ3v) is 3.38. The zero-order chi connectivity index (χ0) is 11.5. The van der Waals surface area contributed by atoms with Crippen LogP contribution in [-0.4, -0.2) is 33.5 Å². The van der Waals surface area contributed by atoms with Crippen molar-refractivity contribution >= 4 is 17.7 Å². The molecular formula is C9H15N5OS. The summed E-state index contributed by atoms with van der Waals surface area (Å²) in [5.41, 5.74) is 5.60. The summed E-state index contributed by atoms with van der Waals surface area (Å²) in [7, 11) is 1.62. The van der Waals surface area contributed by atoms with Gasteiger partial charge in [0.05, 0.1) is 12.3 Å². The fourth-order valence-electron chi connectivity index (χ4n) is 1.45. The maximum Gasteiger partial charge on any atom is 0.230 e. The average Bonchev–Trinajstić information content (AvgIpc) is 3.06. The van der Waals surface area contributed by atoms with E-state index < -0.39 is 0 Å². The van der Waals surface area contributed by atoms with E-state index in [1.54, 1.807) is 7.05 Å². The molecule has 3 N–H and O–H groups in total. The van der Waals surface area contributed by atoms with E-state index in [1.165, 1.54) is 11.8 Å². The van der Waals surface area contributed by atoms with Crippen LogP contribution in [0.1, 0.15) is 24.7 Å². The normalized spacial score (nSPS) is 15.1. The van der Waals surface area contributed by atoms with Gasteiger partial charge in [0, 0.05) is 13.1 Å². The third kappa shape index (κ3) is 2.35. The van der Waals surface area contributed by atoms with Crippen LogP contribution in [0.3, 0.4) is 0 Å². The van der Waals surface area contributed by atoms with Crippen molar-refractivity contribution in [3.63, 3.8) is 0 Å². The summed E-state index contributed by atoms with van der Waals surface area (Å²) in [6.45, 7) is 0.393. The molecule has 0 spiro atoms. The smallest absolute Gasteiger partial charge is 0.230 e. The van der Waals surface area contributed by atoms with E-state index in [0.717, 1.165) is 23.8 Å². The number of rotatable bonds is 5. The number of amides is 1. The number of nitrogens with two attached hydrogens (primary N) is 1. The number of nitrogens with zero attached hydrogens (tertiary/aromatic N) is 3. The molecule has 7 heteroatoms. The van der Waals surface area contributed by atoms with Crippen LogP contribution < -0.4 is 11.1 Å². The molecular weight excluding hydrogens is 226 g/mol. The van der Waals surface area contributed by atoms with Crippen molar-refractivity contribution in [2.24, 2.45) is 5.73 Å². The highest BCUT2D eigenvalue weighted by atomic mass is 32.2. The van der Waals surface area contributed by atoms with E-state index in [9.17, 15) is 4.79 Å². The summed E-state index contributed by atoms with van der Waals surface area (Å²) in [6.07, 6.45) is 2.30. The first-order valence-electron chi connectivity index (χ1n) is 5.23. The molecule has 0 aromatic carbocycles. The number of nitrogens with one attached hydrogen (secondary N) is 1. The molecule has 0 aliphatic heterocycles. The molecule has 88 valence electrons. The van der Waals surface area contributed by atoms with Crippen LogP contribution in [0.4, 0.5) is 0 Å². The van der Waals surface area contributed by atoms with Gasteiger partial charge in [0.15, 0.2) is 5.16 Å². The molecule has 0 saturated heterocycles. The molecule has 1 heterocycles. The predicted molar refractivity (Wildman–Crippen MR) is 61.0 cm³/mol. The summed E-state index contributed by atoms with van der Waals surface area (Å²) in [5.74, 6) is 1.16. The van der Waals surface area contributed by atoms with Gasteiger partial charge < -0.3 is 15.6 Å². The van der Waals surface area contributed by atoms with E-state index in [2.05, 4.69) is 20.1 Å². The monoisotopic (exact) mass is 241 g/mol. The van der Waals surface area contributed by atoms with Crippen molar-refractivity contribution in [2.75, 3.05) is 12.8 Å². The molecule has 0 bridgehead atoms. The van der Waals surface area contributed by atoms with Gasteiger partial charge in [-0.1, -0.05) is 11.8 Å². The van der Waals surface area contributed by atoms with Crippen LogP contribution in [-0.2, 0) is 11.3 Å². The molecule has 1 aromatic heterocycles. The minimum atomic E-state index is -0.00959. The Kier molecular flexibility index (Phi) is 3.45. The lowest BCUT2D eigenvalue weighted by Gasteiger charge is -2.06. The Bertz CT molecular complexity index is 387. The van der Waals surface area contributed by atoms with Gasteiger partial charge in [-0.15, -0.1) is 10.2 Å². The predicted octanol–water partition coefficient (Wildman–Crippen LogP) is -0.0902. The first kappa shape index (κ1) is 11.4. The summed E-state index contributed by atoms with van der Waals surface area (Å²) in [4.78, 5) is 11.1. The van der Waals surface area contributed by atoms with E-state index in [0.29, 0.717) is 18.3 Å². The molecule has 2 rings (SSSR count). The molecule has 0 unspecified atom stereocenters. The first-order chi connectivity index (χ1) is 7.76. The highest BCUT2D eigenvalue weighted by Crippen LogP contribution is 2.38. The lowest BCUT2D eigenvalue weighted by Crippen LogP contribution is -2.20. The fourth-order valence-corrected chi connectivity index (χ4v) is 2.34. The Hall–Kier alpha value is -1.08. The second kappa shape index (κ2) is 4.84. The molecule has 1 fully saturated rings. The lowest BCUT2D eigenvalue weighted by atomic mass is 10.5. The Morgan fingerprint density at radius 1 is 1.62 bits per heavy atom. The first-order valence-corrected chi connectivity index (χ1v) is 6.22. The van der Waals surface area contributed by atoms with Crippen LogP contribution in [0.25, 0.3) is 0 Å². The summed E-state index contributed by atoms with van der Waals surface area (Å²) >= 11 is 1.41. The van der Waals surface area contributed by atoms with E-state index in [1.807, 2.05) is 0 Å². The van der Waals surface area contributed by atoms with Gasteiger partial charge in [-0.3, -0.25) is 4.79 Å². The van der Waals surface area contributed by atoms with E-state index in [4.69, 9.17) is 5.73 Å². The topological polar surface area (TPSA) is 85.8 Å². The SMILES string of the molecule is CNC(=O)CSc1nnc(CN)n1C1CC1. The molecule has 1 aliphatic rings. The second-order valence-electron chi connectivity index (χ2n) is 3.67. The average molecular weight is 241 g/mol. The Morgan fingerprint density at radius 2 is 2.38 bits per heavy atom. The lowest BCUT2D eigenvalue weighted by molar-refractivity contribution is -0.118.